The van der Waals surface area contributed by atoms with Crippen LogP contribution in [0.1, 0.15) is 31.1 Å². The third-order valence-electron chi connectivity index (χ3n) is 3.18. The number of benzene rings is 1. The van der Waals surface area contributed by atoms with Crippen LogP contribution in [-0.4, -0.2) is 18.5 Å². The van der Waals surface area contributed by atoms with Crippen LogP contribution in [0.2, 0.25) is 0 Å². The van der Waals surface area contributed by atoms with E-state index in [0.29, 0.717) is 22.0 Å². The fraction of sp³-hybridized carbons (Fsp3) is 0.222. The molecule has 0 atom stereocenters. The number of furan rings is 1. The highest BCUT2D eigenvalue weighted by Crippen LogP contribution is 2.17. The number of halogens is 1. The second-order valence-corrected chi connectivity index (χ2v) is 6.19. The Bertz CT molecular complexity index is 732. The monoisotopic (exact) mass is 391 g/mol. The highest BCUT2D eigenvalue weighted by atomic mass is 79.9. The first-order valence-corrected chi connectivity index (χ1v) is 8.23. The molecule has 1 N–H and O–H groups in total. The minimum atomic E-state index is -0.618. The molecular formula is C18H18BrNO4. The molecule has 0 saturated heterocycles. The molecule has 0 saturated carbocycles. The smallest absolute Gasteiger partial charge is 0.331 e. The summed E-state index contributed by atoms with van der Waals surface area (Å²) in [4.78, 5) is 23.3. The highest BCUT2D eigenvalue weighted by Gasteiger charge is 2.06. The van der Waals surface area contributed by atoms with Gasteiger partial charge in [0.1, 0.15) is 5.76 Å². The largest absolute Gasteiger partial charge is 0.452 e. The summed E-state index contributed by atoms with van der Waals surface area (Å²) in [5.74, 6) is -0.0755. The van der Waals surface area contributed by atoms with Gasteiger partial charge in [0.05, 0.1) is 0 Å². The van der Waals surface area contributed by atoms with E-state index in [1.165, 1.54) is 17.7 Å². The molecule has 6 heteroatoms. The van der Waals surface area contributed by atoms with Gasteiger partial charge in [-0.1, -0.05) is 26.0 Å². The quantitative estimate of drug-likeness (QED) is 0.586. The van der Waals surface area contributed by atoms with Crippen LogP contribution in [-0.2, 0) is 14.3 Å². The standard InChI is InChI=1S/C18H18BrNO4/c1-12(2)13-3-5-14(6-4-13)20-17(21)11-23-18(22)10-8-15-7-9-16(19)24-15/h3-10,12H,11H2,1-2H3,(H,20,21). The van der Waals surface area contributed by atoms with Crippen molar-refractivity contribution in [1.82, 2.24) is 0 Å². The fourth-order valence-electron chi connectivity index (χ4n) is 1.90. The number of amides is 1. The molecule has 0 aliphatic heterocycles. The van der Waals surface area contributed by atoms with Gasteiger partial charge in [0.25, 0.3) is 5.91 Å². The number of hydrogen-bond donors (Lipinski definition) is 1. The van der Waals surface area contributed by atoms with Crippen molar-refractivity contribution in [2.45, 2.75) is 19.8 Å². The van der Waals surface area contributed by atoms with E-state index in [2.05, 4.69) is 35.1 Å². The van der Waals surface area contributed by atoms with E-state index in [4.69, 9.17) is 9.15 Å². The Balaban J connectivity index is 1.78. The van der Waals surface area contributed by atoms with Crippen LogP contribution < -0.4 is 5.32 Å². The Hall–Kier alpha value is -2.34. The van der Waals surface area contributed by atoms with Gasteiger partial charge >= 0.3 is 5.97 Å². The molecule has 0 radical (unpaired) electrons. The van der Waals surface area contributed by atoms with E-state index in [1.54, 1.807) is 12.1 Å². The molecule has 0 spiro atoms. The number of anilines is 1. The first kappa shape index (κ1) is 18.0. The van der Waals surface area contributed by atoms with Gasteiger partial charge in [-0.3, -0.25) is 4.79 Å². The number of carbonyl (C=O) groups excluding carboxylic acids is 2. The molecule has 0 unspecified atom stereocenters. The van der Waals surface area contributed by atoms with Crippen LogP contribution in [0, 0.1) is 0 Å². The first-order valence-electron chi connectivity index (χ1n) is 7.44. The number of nitrogens with one attached hydrogen (secondary N) is 1. The van der Waals surface area contributed by atoms with Crippen molar-refractivity contribution in [2.75, 3.05) is 11.9 Å². The molecule has 1 aromatic heterocycles. The van der Waals surface area contributed by atoms with Crippen molar-refractivity contribution < 1.29 is 18.7 Å². The normalized spacial score (nSPS) is 11.0. The molecule has 0 bridgehead atoms. The summed E-state index contributed by atoms with van der Waals surface area (Å²) < 4.78 is 10.7. The molecule has 1 amide bonds. The second kappa shape index (κ2) is 8.49. The van der Waals surface area contributed by atoms with Crippen molar-refractivity contribution >= 4 is 39.6 Å². The molecule has 5 nitrogen and oxygen atoms in total. The summed E-state index contributed by atoms with van der Waals surface area (Å²) in [5.41, 5.74) is 1.85. The average Bonchev–Trinajstić information content (AvgIpc) is 2.97. The molecular weight excluding hydrogens is 374 g/mol. The topological polar surface area (TPSA) is 68.5 Å². The maximum Gasteiger partial charge on any atom is 0.331 e. The van der Waals surface area contributed by atoms with Gasteiger partial charge in [-0.05, 0) is 57.8 Å². The minimum Gasteiger partial charge on any atom is -0.452 e. The Labute approximate surface area is 148 Å². The van der Waals surface area contributed by atoms with Gasteiger partial charge in [-0.15, -0.1) is 0 Å². The minimum absolute atomic E-state index is 0.350. The predicted octanol–water partition coefficient (Wildman–Crippen LogP) is 4.36. The molecule has 1 heterocycles. The molecule has 0 fully saturated rings. The zero-order valence-electron chi connectivity index (χ0n) is 13.4. The Morgan fingerprint density at radius 2 is 1.92 bits per heavy atom. The van der Waals surface area contributed by atoms with Crippen molar-refractivity contribution in [2.24, 2.45) is 0 Å². The van der Waals surface area contributed by atoms with Gasteiger partial charge in [0.2, 0.25) is 0 Å². The van der Waals surface area contributed by atoms with Crippen LogP contribution in [0.15, 0.2) is 51.6 Å². The molecule has 2 rings (SSSR count). The molecule has 0 aliphatic rings. The SMILES string of the molecule is CC(C)c1ccc(NC(=O)COC(=O)C=Cc2ccc(Br)o2)cc1. The van der Waals surface area contributed by atoms with Crippen LogP contribution in [0.3, 0.4) is 0 Å². The number of carbonyl (C=O) groups is 2. The summed E-state index contributed by atoms with van der Waals surface area (Å²) in [7, 11) is 0. The van der Waals surface area contributed by atoms with E-state index in [-0.39, 0.29) is 6.61 Å². The maximum absolute atomic E-state index is 11.8. The zero-order chi connectivity index (χ0) is 17.5. The summed E-state index contributed by atoms with van der Waals surface area (Å²) in [6.45, 7) is 3.85. The third-order valence-corrected chi connectivity index (χ3v) is 3.61. The lowest BCUT2D eigenvalue weighted by atomic mass is 10.0. The van der Waals surface area contributed by atoms with Gasteiger partial charge in [-0.2, -0.15) is 0 Å². The van der Waals surface area contributed by atoms with E-state index in [0.717, 1.165) is 0 Å². The van der Waals surface area contributed by atoms with Crippen LogP contribution in [0.25, 0.3) is 6.08 Å². The van der Waals surface area contributed by atoms with Crippen LogP contribution in [0.5, 0.6) is 0 Å². The van der Waals surface area contributed by atoms with Crippen molar-refractivity contribution in [3.63, 3.8) is 0 Å². The first-order chi connectivity index (χ1) is 11.4. The van der Waals surface area contributed by atoms with E-state index in [1.807, 2.05) is 24.3 Å². The van der Waals surface area contributed by atoms with Gasteiger partial charge in [0.15, 0.2) is 11.3 Å². The summed E-state index contributed by atoms with van der Waals surface area (Å²) >= 11 is 3.16. The third kappa shape index (κ3) is 5.70. The van der Waals surface area contributed by atoms with E-state index >= 15 is 0 Å². The molecule has 2 aromatic rings. The molecule has 24 heavy (non-hydrogen) atoms. The number of rotatable bonds is 6. The molecule has 0 aliphatic carbocycles. The summed E-state index contributed by atoms with van der Waals surface area (Å²) in [6, 6.07) is 11.0. The van der Waals surface area contributed by atoms with Gasteiger partial charge in [-0.25, -0.2) is 4.79 Å². The Morgan fingerprint density at radius 3 is 2.50 bits per heavy atom. The maximum atomic E-state index is 11.8. The van der Waals surface area contributed by atoms with Crippen molar-refractivity contribution in [3.8, 4) is 0 Å². The molecule has 1 aromatic carbocycles. The van der Waals surface area contributed by atoms with E-state index in [9.17, 15) is 9.59 Å². The Kier molecular flexibility index (Phi) is 6.37. The lowest BCUT2D eigenvalue weighted by Crippen LogP contribution is -2.20. The van der Waals surface area contributed by atoms with Crippen molar-refractivity contribution in [1.29, 1.82) is 0 Å². The summed E-state index contributed by atoms with van der Waals surface area (Å²) in [6.07, 6.45) is 2.67. The average molecular weight is 392 g/mol. The number of hydrogen-bond acceptors (Lipinski definition) is 4. The van der Waals surface area contributed by atoms with Gasteiger partial charge < -0.3 is 14.5 Å². The fourth-order valence-corrected chi connectivity index (χ4v) is 2.22. The summed E-state index contributed by atoms with van der Waals surface area (Å²) in [5, 5.41) is 2.68. The second-order valence-electron chi connectivity index (χ2n) is 5.41. The lowest BCUT2D eigenvalue weighted by Gasteiger charge is -2.08. The number of ether oxygens (including phenoxy) is 1. The molecule has 126 valence electrons. The van der Waals surface area contributed by atoms with Crippen molar-refractivity contribution in [3.05, 3.63) is 58.5 Å². The highest BCUT2D eigenvalue weighted by molar-refractivity contribution is 9.10. The van der Waals surface area contributed by atoms with Gasteiger partial charge in [0, 0.05) is 11.8 Å². The predicted molar refractivity (Wildman–Crippen MR) is 95.6 cm³/mol. The van der Waals surface area contributed by atoms with Crippen LogP contribution >= 0.6 is 15.9 Å². The Morgan fingerprint density at radius 1 is 1.21 bits per heavy atom. The van der Waals surface area contributed by atoms with Crippen LogP contribution in [0.4, 0.5) is 5.69 Å². The van der Waals surface area contributed by atoms with E-state index < -0.39 is 11.9 Å². The number of esters is 1. The zero-order valence-corrected chi connectivity index (χ0v) is 15.0. The lowest BCUT2D eigenvalue weighted by molar-refractivity contribution is -0.142.